The first-order valence-corrected chi connectivity index (χ1v) is 16.1. The Morgan fingerprint density at radius 2 is 2.02 bits per heavy atom. The molecule has 3 aliphatic heterocycles. The molecular formula is C29H26Cl2FN5O5S. The van der Waals surface area contributed by atoms with Gasteiger partial charge in [-0.2, -0.15) is 4.98 Å². The fourth-order valence-electron chi connectivity index (χ4n) is 7.18. The summed E-state index contributed by atoms with van der Waals surface area (Å²) in [7, 11) is 1.33. The highest BCUT2D eigenvalue weighted by Crippen LogP contribution is 2.53. The second kappa shape index (κ2) is 10.4. The molecule has 1 unspecified atom stereocenters. The summed E-state index contributed by atoms with van der Waals surface area (Å²) in [5, 5.41) is 11.4. The number of methoxy groups -OCH3 is 1. The second-order valence-electron chi connectivity index (χ2n) is 11.2. The molecule has 0 radical (unpaired) electrons. The minimum absolute atomic E-state index is 0.0181. The second-order valence-corrected chi connectivity index (χ2v) is 13.2. The minimum atomic E-state index is -1.62. The number of carboxylic acid groups (broad SMARTS) is 1. The molecule has 8 rings (SSSR count). The fourth-order valence-corrected chi connectivity index (χ4v) is 8.25. The zero-order valence-electron chi connectivity index (χ0n) is 23.1. The number of hydrogen-bond acceptors (Lipinski definition) is 6. The molecule has 10 nitrogen and oxygen atoms in total. The monoisotopic (exact) mass is 645 g/mol. The van der Waals surface area contributed by atoms with Gasteiger partial charge in [0.15, 0.2) is 5.82 Å². The number of pyridine rings is 2. The van der Waals surface area contributed by atoms with Gasteiger partial charge in [0.1, 0.15) is 17.5 Å². The summed E-state index contributed by atoms with van der Waals surface area (Å²) >= 11 is 11.0. The van der Waals surface area contributed by atoms with Crippen LogP contribution >= 0.6 is 23.2 Å². The van der Waals surface area contributed by atoms with Crippen molar-refractivity contribution in [1.29, 1.82) is 0 Å². The van der Waals surface area contributed by atoms with Crippen molar-refractivity contribution < 1.29 is 28.4 Å². The molecule has 1 aromatic carbocycles. The third-order valence-corrected chi connectivity index (χ3v) is 10.7. The molecule has 224 valence electrons. The van der Waals surface area contributed by atoms with E-state index >= 15 is 4.39 Å². The van der Waals surface area contributed by atoms with Gasteiger partial charge in [0.2, 0.25) is 0 Å². The first kappa shape index (κ1) is 28.5. The van der Waals surface area contributed by atoms with Crippen LogP contribution in [0.2, 0.25) is 10.0 Å². The highest BCUT2D eigenvalue weighted by atomic mass is 35.5. The number of ether oxygens (including phenoxy) is 1. The van der Waals surface area contributed by atoms with Crippen LogP contribution in [0.4, 0.5) is 14.0 Å². The number of amides is 2. The molecule has 1 saturated carbocycles. The van der Waals surface area contributed by atoms with E-state index in [0.29, 0.717) is 47.8 Å². The largest absolute Gasteiger partial charge is 0.610 e. The molecule has 1 N–H and O–H groups in total. The molecule has 43 heavy (non-hydrogen) atoms. The molecule has 4 aliphatic rings. The highest BCUT2D eigenvalue weighted by Gasteiger charge is 2.56. The van der Waals surface area contributed by atoms with Crippen molar-refractivity contribution in [2.45, 2.75) is 42.4 Å². The average Bonchev–Trinajstić information content (AvgIpc) is 3.76. The van der Waals surface area contributed by atoms with E-state index in [9.17, 15) is 19.2 Å². The Hall–Kier alpha value is -3.32. The van der Waals surface area contributed by atoms with Crippen LogP contribution in [0.15, 0.2) is 35.5 Å². The van der Waals surface area contributed by atoms with Crippen molar-refractivity contribution in [3.63, 3.8) is 0 Å². The lowest BCUT2D eigenvalue weighted by atomic mass is 9.79. The smallest absolute Gasteiger partial charge is 0.410 e. The Kier molecular flexibility index (Phi) is 6.88. The van der Waals surface area contributed by atoms with Gasteiger partial charge in [0, 0.05) is 53.0 Å². The average molecular weight is 647 g/mol. The lowest BCUT2D eigenvalue weighted by Gasteiger charge is -2.40. The number of hydrogen-bond donors (Lipinski definition) is 1. The van der Waals surface area contributed by atoms with Crippen molar-refractivity contribution >= 4 is 68.4 Å². The number of carbonyl (C=O) groups is 2. The molecule has 6 heterocycles. The summed E-state index contributed by atoms with van der Waals surface area (Å²) in [6.45, 7) is 0.859. The van der Waals surface area contributed by atoms with Crippen molar-refractivity contribution in [2.24, 2.45) is 5.92 Å². The van der Waals surface area contributed by atoms with E-state index in [-0.39, 0.29) is 50.3 Å². The summed E-state index contributed by atoms with van der Waals surface area (Å²) in [4.78, 5) is 37.0. The predicted octanol–water partition coefficient (Wildman–Crippen LogP) is 6.26. The van der Waals surface area contributed by atoms with E-state index < -0.39 is 29.2 Å². The van der Waals surface area contributed by atoms with Gasteiger partial charge in [0.25, 0.3) is 5.03 Å². The molecule has 3 saturated heterocycles. The molecule has 2 amide bonds. The first-order chi connectivity index (χ1) is 20.6. The summed E-state index contributed by atoms with van der Waals surface area (Å²) in [6.07, 6.45) is 3.62. The molecule has 2 bridgehead atoms. The molecule has 0 spiro atoms. The van der Waals surface area contributed by atoms with Crippen molar-refractivity contribution in [3.05, 3.63) is 52.0 Å². The van der Waals surface area contributed by atoms with Gasteiger partial charge in [-0.3, -0.25) is 9.88 Å². The van der Waals surface area contributed by atoms with Gasteiger partial charge in [0.05, 0.1) is 46.2 Å². The van der Waals surface area contributed by atoms with Gasteiger partial charge < -0.3 is 23.9 Å². The fraction of sp³-hybridized carbons (Fsp3) is 0.379. The quantitative estimate of drug-likeness (QED) is 0.260. The molecule has 1 aliphatic carbocycles. The number of likely N-dealkylation sites (tertiary alicyclic amines) is 1. The maximum Gasteiger partial charge on any atom is 0.410 e. The third kappa shape index (κ3) is 4.17. The molecule has 4 fully saturated rings. The Labute approximate surface area is 258 Å². The van der Waals surface area contributed by atoms with Gasteiger partial charge in [-0.25, -0.2) is 14.0 Å². The number of rotatable bonds is 4. The van der Waals surface area contributed by atoms with Crippen molar-refractivity contribution in [2.75, 3.05) is 26.5 Å². The van der Waals surface area contributed by atoms with Crippen LogP contribution in [0.3, 0.4) is 0 Å². The molecule has 4 aromatic rings. The number of nitrogens with zero attached hydrogens (tertiary/aromatic N) is 5. The van der Waals surface area contributed by atoms with Crippen LogP contribution in [-0.2, 0) is 15.9 Å². The van der Waals surface area contributed by atoms with Gasteiger partial charge >= 0.3 is 12.2 Å². The topological polar surface area (TPSA) is 124 Å². The first-order valence-electron chi connectivity index (χ1n) is 13.8. The number of carbonyl (C=O) groups excluding carboxylic acids is 1. The van der Waals surface area contributed by atoms with Crippen LogP contribution in [0.25, 0.3) is 33.1 Å². The van der Waals surface area contributed by atoms with Crippen LogP contribution in [-0.4, -0.2) is 78.7 Å². The lowest BCUT2D eigenvalue weighted by molar-refractivity contribution is 0.112. The Balaban J connectivity index is 1.53. The van der Waals surface area contributed by atoms with E-state index in [0.717, 1.165) is 12.1 Å². The third-order valence-electron chi connectivity index (χ3n) is 9.04. The number of benzene rings is 1. The minimum Gasteiger partial charge on any atom is -0.610 e. The van der Waals surface area contributed by atoms with Crippen molar-refractivity contribution in [1.82, 2.24) is 24.3 Å². The van der Waals surface area contributed by atoms with E-state index in [1.165, 1.54) is 24.5 Å². The SMILES string of the molecule is COC(=O)N1CCC[C@@H]1c1cc2c([S+](C)[O-])nc3c(F)c(-c4cccc(Cl)c4Cl)ncc3c2n1[C@H]1[C@@H]2C[C@H]1N(C(=O)O)C2. The molecular weight excluding hydrogens is 620 g/mol. The maximum atomic E-state index is 16.4. The van der Waals surface area contributed by atoms with E-state index in [2.05, 4.69) is 9.97 Å². The summed E-state index contributed by atoms with van der Waals surface area (Å²) in [6, 6.07) is 5.77. The lowest BCUT2D eigenvalue weighted by Crippen LogP contribution is -2.43. The Bertz CT molecular complexity index is 1840. The number of aromatic nitrogens is 3. The summed E-state index contributed by atoms with van der Waals surface area (Å²) in [5.41, 5.74) is 1.51. The molecule has 5 atom stereocenters. The molecule has 3 aromatic heterocycles. The van der Waals surface area contributed by atoms with Gasteiger partial charge in [-0.05, 0) is 31.4 Å². The van der Waals surface area contributed by atoms with Crippen LogP contribution in [0.1, 0.15) is 37.0 Å². The zero-order valence-corrected chi connectivity index (χ0v) is 25.4. The normalized spacial score (nSPS) is 23.7. The van der Waals surface area contributed by atoms with E-state index in [1.54, 1.807) is 23.1 Å². The molecule has 14 heteroatoms. The maximum absolute atomic E-state index is 16.4. The predicted molar refractivity (Wildman–Crippen MR) is 160 cm³/mol. The number of fused-ring (bicyclic) bond motifs is 4. The summed E-state index contributed by atoms with van der Waals surface area (Å²) in [5.74, 6) is -0.727. The highest BCUT2D eigenvalue weighted by molar-refractivity contribution is 7.90. The van der Waals surface area contributed by atoms with E-state index in [4.69, 9.17) is 27.9 Å². The van der Waals surface area contributed by atoms with Crippen LogP contribution in [0, 0.1) is 11.7 Å². The van der Waals surface area contributed by atoms with Crippen LogP contribution in [0.5, 0.6) is 0 Å². The van der Waals surface area contributed by atoms with Crippen molar-refractivity contribution in [3.8, 4) is 11.3 Å². The zero-order chi connectivity index (χ0) is 30.3. The summed E-state index contributed by atoms with van der Waals surface area (Å²) < 4.78 is 36.7. The van der Waals surface area contributed by atoms with E-state index in [1.807, 2.05) is 10.6 Å². The van der Waals surface area contributed by atoms with Gasteiger partial charge in [-0.15, -0.1) is 0 Å². The van der Waals surface area contributed by atoms with Crippen LogP contribution < -0.4 is 0 Å². The van der Waals surface area contributed by atoms with Gasteiger partial charge in [-0.1, -0.05) is 35.3 Å². The standard InChI is InChI=1S/C29H26Cl2FN5O5S/c1-42-29(40)35-8-4-7-18(35)19-10-15-26(37(19)25-13-9-20(25)36(12-13)28(38)39)16-11-33-23(14-5-3-6-17(30)21(14)31)22(32)24(16)34-27(15)43(2)41/h3,5-6,10-11,13,18,20,25H,4,7-9,12H2,1-2H3,(H,38,39)/t13-,18-,20-,25+,43?/m1/s1. The Morgan fingerprint density at radius 1 is 1.23 bits per heavy atom. The Morgan fingerprint density at radius 3 is 2.72 bits per heavy atom. The number of halogens is 3.